The molecule has 2 aliphatic heterocycles. The number of rotatable bonds is 11. The minimum absolute atomic E-state index is 0.0299. The van der Waals surface area contributed by atoms with Gasteiger partial charge in [0.05, 0.1) is 13.2 Å². The highest BCUT2D eigenvalue weighted by molar-refractivity contribution is 5.98. The monoisotopic (exact) mass is 498 g/mol. The van der Waals surface area contributed by atoms with E-state index in [1.54, 1.807) is 13.2 Å². The van der Waals surface area contributed by atoms with Crippen LogP contribution in [0.2, 0.25) is 0 Å². The molecule has 0 spiro atoms. The minimum atomic E-state index is -0.116. The molecule has 0 radical (unpaired) electrons. The fourth-order valence-corrected chi connectivity index (χ4v) is 5.00. The summed E-state index contributed by atoms with van der Waals surface area (Å²) < 4.78 is 17.3. The van der Waals surface area contributed by atoms with Gasteiger partial charge in [0.25, 0.3) is 5.91 Å². The first-order valence-electron chi connectivity index (χ1n) is 13.0. The van der Waals surface area contributed by atoms with Crippen molar-refractivity contribution in [3.8, 4) is 11.5 Å². The number of aromatic nitrogens is 1. The number of ether oxygens (including phenoxy) is 3. The second-order valence-electron chi connectivity index (χ2n) is 9.64. The molecule has 1 N–H and O–H groups in total. The minimum Gasteiger partial charge on any atom is -0.490 e. The zero-order valence-electron chi connectivity index (χ0n) is 21.6. The van der Waals surface area contributed by atoms with Crippen LogP contribution in [0.4, 0.5) is 0 Å². The molecular weight excluding hydrogens is 460 g/mol. The first kappa shape index (κ1) is 26.2. The predicted molar refractivity (Wildman–Crippen MR) is 138 cm³/mol. The van der Waals surface area contributed by atoms with Crippen LogP contribution in [0.3, 0.4) is 0 Å². The van der Waals surface area contributed by atoms with E-state index in [1.165, 1.54) is 0 Å². The number of carbonyl (C=O) groups is 2. The van der Waals surface area contributed by atoms with Crippen molar-refractivity contribution in [2.45, 2.75) is 51.6 Å². The largest absolute Gasteiger partial charge is 0.490 e. The molecule has 1 atom stereocenters. The number of para-hydroxylation sites is 1. The molecule has 0 unspecified atom stereocenters. The Kier molecular flexibility index (Phi) is 8.98. The maximum absolute atomic E-state index is 13.8. The number of nitrogens with one attached hydrogen (secondary N) is 1. The van der Waals surface area contributed by atoms with Crippen LogP contribution in [0.25, 0.3) is 10.9 Å². The molecule has 0 bridgehead atoms. The quantitative estimate of drug-likeness (QED) is 0.476. The third kappa shape index (κ3) is 6.07. The van der Waals surface area contributed by atoms with Crippen LogP contribution in [-0.4, -0.2) is 91.8 Å². The lowest BCUT2D eigenvalue weighted by atomic mass is 10.0. The van der Waals surface area contributed by atoms with E-state index in [0.717, 1.165) is 44.3 Å². The van der Waals surface area contributed by atoms with Gasteiger partial charge in [0.15, 0.2) is 0 Å². The molecule has 2 aliphatic rings. The van der Waals surface area contributed by atoms with Crippen molar-refractivity contribution in [3.63, 3.8) is 0 Å². The summed E-state index contributed by atoms with van der Waals surface area (Å²) in [5.74, 6) is 1.20. The van der Waals surface area contributed by atoms with Gasteiger partial charge in [-0.3, -0.25) is 9.59 Å². The Hall–Kier alpha value is -2.91. The first-order valence-corrected chi connectivity index (χ1v) is 13.0. The van der Waals surface area contributed by atoms with Gasteiger partial charge in [-0.15, -0.1) is 0 Å². The Morgan fingerprint density at radius 2 is 2.03 bits per heavy atom. The Morgan fingerprint density at radius 1 is 1.19 bits per heavy atom. The van der Waals surface area contributed by atoms with Crippen LogP contribution in [-0.2, 0) is 9.53 Å². The van der Waals surface area contributed by atoms with Crippen LogP contribution in [0.1, 0.15) is 50.0 Å². The van der Waals surface area contributed by atoms with E-state index in [-0.39, 0.29) is 23.9 Å². The van der Waals surface area contributed by atoms with Crippen molar-refractivity contribution in [2.24, 2.45) is 0 Å². The van der Waals surface area contributed by atoms with Crippen molar-refractivity contribution in [3.05, 3.63) is 30.0 Å². The molecule has 36 heavy (non-hydrogen) atoms. The SMILES string of the molecule is COCCOc1cc(C(=O)N(C(C)C)[C@@H]2CCCNC2)nc2c(OCCN3CCCC3=O)cccc12. The number of pyridine rings is 1. The second kappa shape index (κ2) is 12.4. The molecule has 0 aliphatic carbocycles. The van der Waals surface area contributed by atoms with Crippen molar-refractivity contribution in [2.75, 3.05) is 53.1 Å². The van der Waals surface area contributed by atoms with Crippen LogP contribution < -0.4 is 14.8 Å². The number of hydrogen-bond acceptors (Lipinski definition) is 7. The van der Waals surface area contributed by atoms with Crippen LogP contribution >= 0.6 is 0 Å². The van der Waals surface area contributed by atoms with Gasteiger partial charge in [0.2, 0.25) is 5.91 Å². The zero-order valence-corrected chi connectivity index (χ0v) is 21.6. The molecule has 1 aromatic heterocycles. The summed E-state index contributed by atoms with van der Waals surface area (Å²) in [5.41, 5.74) is 0.911. The van der Waals surface area contributed by atoms with Gasteiger partial charge in [0.1, 0.15) is 35.9 Å². The maximum Gasteiger partial charge on any atom is 0.273 e. The molecule has 2 saturated heterocycles. The number of fused-ring (bicyclic) bond motifs is 1. The number of methoxy groups -OCH3 is 1. The van der Waals surface area contributed by atoms with Crippen LogP contribution in [0.15, 0.2) is 24.3 Å². The topological polar surface area (TPSA) is 93.2 Å². The first-order chi connectivity index (χ1) is 17.5. The second-order valence-corrected chi connectivity index (χ2v) is 9.64. The van der Waals surface area contributed by atoms with Crippen molar-refractivity contribution < 1.29 is 23.8 Å². The number of piperidine rings is 1. The summed E-state index contributed by atoms with van der Waals surface area (Å²) in [4.78, 5) is 34.3. The highest BCUT2D eigenvalue weighted by Crippen LogP contribution is 2.33. The Morgan fingerprint density at radius 3 is 2.72 bits per heavy atom. The number of amides is 2. The van der Waals surface area contributed by atoms with Crippen LogP contribution in [0, 0.1) is 0 Å². The number of carbonyl (C=O) groups excluding carboxylic acids is 2. The summed E-state index contributed by atoms with van der Waals surface area (Å²) in [5, 5.41) is 4.18. The molecule has 3 heterocycles. The molecule has 2 aromatic rings. The smallest absolute Gasteiger partial charge is 0.273 e. The molecule has 9 nitrogen and oxygen atoms in total. The van der Waals surface area contributed by atoms with Gasteiger partial charge in [-0.05, 0) is 51.8 Å². The fraction of sp³-hybridized carbons (Fsp3) is 0.593. The summed E-state index contributed by atoms with van der Waals surface area (Å²) in [7, 11) is 1.62. The van der Waals surface area contributed by atoms with Gasteiger partial charge < -0.3 is 29.3 Å². The molecule has 4 rings (SSSR count). The lowest BCUT2D eigenvalue weighted by molar-refractivity contribution is -0.128. The highest BCUT2D eigenvalue weighted by atomic mass is 16.5. The van der Waals surface area contributed by atoms with Crippen molar-refractivity contribution in [1.29, 1.82) is 0 Å². The molecule has 9 heteroatoms. The number of hydrogen-bond donors (Lipinski definition) is 1. The zero-order chi connectivity index (χ0) is 25.5. The normalized spacial score (nSPS) is 18.2. The Bertz CT molecular complexity index is 1050. The van der Waals surface area contributed by atoms with E-state index in [1.807, 2.05) is 41.8 Å². The highest BCUT2D eigenvalue weighted by Gasteiger charge is 2.30. The lowest BCUT2D eigenvalue weighted by Crippen LogP contribution is -2.51. The predicted octanol–water partition coefficient (Wildman–Crippen LogP) is 2.86. The number of likely N-dealkylation sites (tertiary alicyclic amines) is 1. The van der Waals surface area contributed by atoms with Gasteiger partial charge >= 0.3 is 0 Å². The van der Waals surface area contributed by atoms with Gasteiger partial charge in [-0.25, -0.2) is 4.98 Å². The number of benzene rings is 1. The summed E-state index contributed by atoms with van der Waals surface area (Å²) in [6, 6.07) is 7.53. The average Bonchev–Trinajstić information content (AvgIpc) is 3.29. The van der Waals surface area contributed by atoms with Crippen molar-refractivity contribution in [1.82, 2.24) is 20.1 Å². The van der Waals surface area contributed by atoms with E-state index in [2.05, 4.69) is 5.32 Å². The van der Waals surface area contributed by atoms with E-state index < -0.39 is 0 Å². The molecule has 0 saturated carbocycles. The van der Waals surface area contributed by atoms with E-state index >= 15 is 0 Å². The summed E-state index contributed by atoms with van der Waals surface area (Å²) in [6.45, 7) is 8.27. The van der Waals surface area contributed by atoms with Gasteiger partial charge in [-0.1, -0.05) is 6.07 Å². The van der Waals surface area contributed by atoms with Gasteiger partial charge in [0, 0.05) is 50.2 Å². The lowest BCUT2D eigenvalue weighted by Gasteiger charge is -2.37. The molecule has 1 aromatic carbocycles. The fourth-order valence-electron chi connectivity index (χ4n) is 5.00. The standard InChI is InChI=1S/C27H38N4O5/c1-19(2)31(20-7-5-11-28-18-20)27(33)22-17-24(36-16-15-34-3)21-8-4-9-23(26(21)29-22)35-14-13-30-12-6-10-25(30)32/h4,8-9,17,19-20,28H,5-7,10-16,18H2,1-3H3/t20-/m1/s1. The summed E-state index contributed by atoms with van der Waals surface area (Å²) in [6.07, 6.45) is 3.50. The maximum atomic E-state index is 13.8. The molecule has 196 valence electrons. The Labute approximate surface area is 213 Å². The summed E-state index contributed by atoms with van der Waals surface area (Å²) >= 11 is 0. The molecular formula is C27H38N4O5. The van der Waals surface area contributed by atoms with Gasteiger partial charge in [-0.2, -0.15) is 0 Å². The van der Waals surface area contributed by atoms with Crippen LogP contribution in [0.5, 0.6) is 11.5 Å². The van der Waals surface area contributed by atoms with E-state index in [0.29, 0.717) is 55.5 Å². The Balaban J connectivity index is 1.64. The average molecular weight is 499 g/mol. The molecule has 2 fully saturated rings. The van der Waals surface area contributed by atoms with E-state index in [9.17, 15) is 9.59 Å². The third-order valence-corrected chi connectivity index (χ3v) is 6.77. The third-order valence-electron chi connectivity index (χ3n) is 6.77. The van der Waals surface area contributed by atoms with E-state index in [4.69, 9.17) is 19.2 Å². The van der Waals surface area contributed by atoms with Crippen molar-refractivity contribution >= 4 is 22.7 Å². The molecule has 2 amide bonds. The number of nitrogens with zero attached hydrogens (tertiary/aromatic N) is 3.